The third-order valence-corrected chi connectivity index (χ3v) is 11.7. The van der Waals surface area contributed by atoms with E-state index in [2.05, 4.69) is 175 Å². The van der Waals surface area contributed by atoms with Gasteiger partial charge in [0.15, 0.2) is 0 Å². The largest absolute Gasteiger partial charge is 0.308 e. The molecule has 0 radical (unpaired) electrons. The molecule has 0 aliphatic heterocycles. The lowest BCUT2D eigenvalue weighted by molar-refractivity contribution is 0.631. The summed E-state index contributed by atoms with van der Waals surface area (Å²) in [6.07, 6.45) is 0. The molecule has 0 amide bonds. The van der Waals surface area contributed by atoms with Crippen molar-refractivity contribution in [2.45, 2.75) is 0 Å². The van der Waals surface area contributed by atoms with Gasteiger partial charge in [-0.1, -0.05) is 164 Å². The van der Waals surface area contributed by atoms with Crippen LogP contribution in [0.4, 0.5) is 21.5 Å². The maximum absolute atomic E-state index is 15.4. The molecule has 0 unspecified atom stereocenters. The summed E-state index contributed by atoms with van der Waals surface area (Å²) in [4.78, 5) is 2.43. The van der Waals surface area contributed by atoms with Crippen LogP contribution in [0.1, 0.15) is 0 Å². The van der Waals surface area contributed by atoms with E-state index >= 15 is 4.39 Å². The van der Waals surface area contributed by atoms with Crippen LogP contribution in [0.15, 0.2) is 206 Å². The van der Waals surface area contributed by atoms with E-state index in [1.807, 2.05) is 35.6 Å². The molecule has 260 valence electrons. The maximum Gasteiger partial charge on any atom is 0.131 e. The molecule has 10 aromatic rings. The van der Waals surface area contributed by atoms with Gasteiger partial charge in [-0.3, -0.25) is 0 Å². The Balaban J connectivity index is 1.24. The molecule has 10 rings (SSSR count). The van der Waals surface area contributed by atoms with Crippen molar-refractivity contribution in [3.8, 4) is 44.5 Å². The number of fused-ring (bicyclic) bond motifs is 4. The molecule has 0 saturated heterocycles. The molecule has 1 aromatic heterocycles. The van der Waals surface area contributed by atoms with E-state index in [0.717, 1.165) is 61.2 Å². The zero-order valence-corrected chi connectivity index (χ0v) is 30.7. The summed E-state index contributed by atoms with van der Waals surface area (Å²) < 4.78 is 17.9. The van der Waals surface area contributed by atoms with Crippen LogP contribution in [0.5, 0.6) is 0 Å². The second-order valence-corrected chi connectivity index (χ2v) is 14.8. The lowest BCUT2D eigenvalue weighted by atomic mass is 9.91. The van der Waals surface area contributed by atoms with Crippen LogP contribution in [0.2, 0.25) is 0 Å². The van der Waals surface area contributed by atoms with Crippen molar-refractivity contribution >= 4 is 59.3 Å². The van der Waals surface area contributed by atoms with Gasteiger partial charge in [0.25, 0.3) is 0 Å². The highest BCUT2D eigenvalue weighted by molar-refractivity contribution is 7.26. The summed E-state index contributed by atoms with van der Waals surface area (Å²) >= 11 is 1.83. The first-order valence-electron chi connectivity index (χ1n) is 18.5. The molecule has 0 aliphatic carbocycles. The Morgan fingerprint density at radius 3 is 1.84 bits per heavy atom. The van der Waals surface area contributed by atoms with E-state index in [-0.39, 0.29) is 5.82 Å². The van der Waals surface area contributed by atoms with Gasteiger partial charge in [0, 0.05) is 32.3 Å². The Morgan fingerprint density at radius 2 is 1.02 bits per heavy atom. The van der Waals surface area contributed by atoms with Crippen LogP contribution in [0.3, 0.4) is 0 Å². The van der Waals surface area contributed by atoms with Gasteiger partial charge in [0.1, 0.15) is 5.82 Å². The first kappa shape index (κ1) is 32.8. The Hall–Kier alpha value is -6.81. The summed E-state index contributed by atoms with van der Waals surface area (Å²) in [5.41, 5.74) is 11.4. The number of benzene rings is 9. The van der Waals surface area contributed by atoms with Crippen LogP contribution in [0, 0.1) is 5.82 Å². The first-order chi connectivity index (χ1) is 27.2. The topological polar surface area (TPSA) is 3.24 Å². The molecular weight excluding hydrogens is 690 g/mol. The number of hydrogen-bond acceptors (Lipinski definition) is 2. The van der Waals surface area contributed by atoms with E-state index in [1.54, 1.807) is 6.07 Å². The highest BCUT2D eigenvalue weighted by atomic mass is 32.1. The summed E-state index contributed by atoms with van der Waals surface area (Å²) in [6.45, 7) is 0. The smallest absolute Gasteiger partial charge is 0.131 e. The minimum absolute atomic E-state index is 0.228. The standard InChI is InChI=1S/C52H34FNS/c53-47-28-9-7-23-42(47)44-26-13-20-37-19-12-25-41(51(37)44)39-21-11-22-40(33-39)54(49-29-14-27-45-43-24-8-10-30-50(43)55-52(45)49)48-32-31-38(35-15-3-1-4-16-35)34-46(48)36-17-5-2-6-18-36/h1-34H. The van der Waals surface area contributed by atoms with Gasteiger partial charge in [-0.05, 0) is 86.6 Å². The van der Waals surface area contributed by atoms with Gasteiger partial charge in [-0.25, -0.2) is 4.39 Å². The summed E-state index contributed by atoms with van der Waals surface area (Å²) in [6, 6.07) is 71.9. The van der Waals surface area contributed by atoms with Gasteiger partial charge >= 0.3 is 0 Å². The molecule has 1 nitrogen and oxygen atoms in total. The summed E-state index contributed by atoms with van der Waals surface area (Å²) in [5.74, 6) is -0.228. The molecule has 0 aliphatic rings. The maximum atomic E-state index is 15.4. The molecule has 1 heterocycles. The van der Waals surface area contributed by atoms with E-state index in [0.29, 0.717) is 5.56 Å². The van der Waals surface area contributed by atoms with Crippen LogP contribution in [0.25, 0.3) is 75.5 Å². The Labute approximate surface area is 323 Å². The molecule has 0 spiro atoms. The van der Waals surface area contributed by atoms with Crippen molar-refractivity contribution in [3.05, 3.63) is 212 Å². The third kappa shape index (κ3) is 5.86. The van der Waals surface area contributed by atoms with Gasteiger partial charge in [-0.15, -0.1) is 11.3 Å². The third-order valence-electron chi connectivity index (χ3n) is 10.5. The quantitative estimate of drug-likeness (QED) is 0.158. The second-order valence-electron chi connectivity index (χ2n) is 13.8. The molecular formula is C52H34FNS. The Morgan fingerprint density at radius 1 is 0.382 bits per heavy atom. The molecule has 0 bridgehead atoms. The van der Waals surface area contributed by atoms with Crippen LogP contribution >= 0.6 is 11.3 Å². The van der Waals surface area contributed by atoms with Gasteiger partial charge in [-0.2, -0.15) is 0 Å². The fourth-order valence-electron chi connectivity index (χ4n) is 8.00. The normalized spacial score (nSPS) is 11.4. The summed E-state index contributed by atoms with van der Waals surface area (Å²) in [5, 5.41) is 4.60. The van der Waals surface area contributed by atoms with Crippen molar-refractivity contribution in [3.63, 3.8) is 0 Å². The van der Waals surface area contributed by atoms with Gasteiger partial charge in [0.05, 0.1) is 16.1 Å². The highest BCUT2D eigenvalue weighted by Gasteiger charge is 2.23. The van der Waals surface area contributed by atoms with Gasteiger partial charge < -0.3 is 4.90 Å². The second kappa shape index (κ2) is 13.9. The van der Waals surface area contributed by atoms with Crippen molar-refractivity contribution < 1.29 is 4.39 Å². The predicted octanol–water partition coefficient (Wildman–Crippen LogP) is 15.5. The van der Waals surface area contributed by atoms with E-state index < -0.39 is 0 Å². The highest BCUT2D eigenvalue weighted by Crippen LogP contribution is 2.49. The molecule has 55 heavy (non-hydrogen) atoms. The van der Waals surface area contributed by atoms with E-state index in [4.69, 9.17) is 0 Å². The lowest BCUT2D eigenvalue weighted by Crippen LogP contribution is -2.11. The Bertz CT molecular complexity index is 3000. The fourth-order valence-corrected chi connectivity index (χ4v) is 9.21. The molecule has 3 heteroatoms. The van der Waals surface area contributed by atoms with E-state index in [9.17, 15) is 0 Å². The number of rotatable bonds is 7. The molecule has 9 aromatic carbocycles. The average Bonchev–Trinajstić information content (AvgIpc) is 3.64. The number of hydrogen-bond donors (Lipinski definition) is 0. The lowest BCUT2D eigenvalue weighted by Gasteiger charge is -2.29. The monoisotopic (exact) mass is 723 g/mol. The van der Waals surface area contributed by atoms with E-state index in [1.165, 1.54) is 31.8 Å². The van der Waals surface area contributed by atoms with Crippen LogP contribution < -0.4 is 4.90 Å². The zero-order chi connectivity index (χ0) is 36.7. The number of anilines is 3. The number of thiophene rings is 1. The Kier molecular flexibility index (Phi) is 8.28. The van der Waals surface area contributed by atoms with Gasteiger partial charge in [0.2, 0.25) is 0 Å². The summed E-state index contributed by atoms with van der Waals surface area (Å²) in [7, 11) is 0. The molecule has 0 atom stereocenters. The van der Waals surface area contributed by atoms with Crippen molar-refractivity contribution in [1.82, 2.24) is 0 Å². The van der Waals surface area contributed by atoms with Crippen molar-refractivity contribution in [2.24, 2.45) is 0 Å². The number of nitrogens with zero attached hydrogens (tertiary/aromatic N) is 1. The number of halogens is 1. The van der Waals surface area contributed by atoms with Crippen molar-refractivity contribution in [1.29, 1.82) is 0 Å². The molecule has 0 fully saturated rings. The predicted molar refractivity (Wildman–Crippen MR) is 233 cm³/mol. The minimum Gasteiger partial charge on any atom is -0.308 e. The van der Waals surface area contributed by atoms with Crippen molar-refractivity contribution in [2.75, 3.05) is 4.90 Å². The van der Waals surface area contributed by atoms with Crippen LogP contribution in [-0.4, -0.2) is 0 Å². The molecule has 0 N–H and O–H groups in total. The fraction of sp³-hybridized carbons (Fsp3) is 0. The zero-order valence-electron chi connectivity index (χ0n) is 29.9. The minimum atomic E-state index is -0.228. The average molecular weight is 724 g/mol. The SMILES string of the molecule is Fc1ccccc1-c1cccc2cccc(-c3cccc(N(c4ccc(-c5ccccc5)cc4-c4ccccc4)c4cccc5c4sc4ccccc45)c3)c12. The first-order valence-corrected chi connectivity index (χ1v) is 19.4. The molecule has 0 saturated carbocycles. The van der Waals surface area contributed by atoms with Crippen LogP contribution in [-0.2, 0) is 0 Å².